The molecule has 0 bridgehead atoms. The fraction of sp³-hybridized carbons (Fsp3) is 1.00. The average molecular weight is 291 g/mol. The van der Waals surface area contributed by atoms with Crippen molar-refractivity contribution in [2.24, 2.45) is 11.7 Å². The van der Waals surface area contributed by atoms with E-state index >= 15 is 0 Å². The summed E-state index contributed by atoms with van der Waals surface area (Å²) in [6.45, 7) is 10.2. The fourth-order valence-corrected chi connectivity index (χ4v) is 3.66. The van der Waals surface area contributed by atoms with Crippen LogP contribution in [0.25, 0.3) is 0 Å². The topological polar surface area (TPSA) is 66.6 Å². The molecule has 1 unspecified atom stereocenters. The van der Waals surface area contributed by atoms with Crippen LogP contribution >= 0.6 is 0 Å². The van der Waals surface area contributed by atoms with Crippen molar-refractivity contribution in [2.45, 2.75) is 39.2 Å². The van der Waals surface area contributed by atoms with Crippen molar-refractivity contribution in [2.75, 3.05) is 39.0 Å². The van der Waals surface area contributed by atoms with Gasteiger partial charge in [0.05, 0.1) is 6.26 Å². The van der Waals surface area contributed by atoms with Gasteiger partial charge in [-0.3, -0.25) is 4.90 Å². The van der Waals surface area contributed by atoms with Crippen LogP contribution in [0.5, 0.6) is 0 Å². The van der Waals surface area contributed by atoms with E-state index in [-0.39, 0.29) is 5.54 Å². The molecule has 0 aromatic heterocycles. The first-order valence-electron chi connectivity index (χ1n) is 7.11. The lowest BCUT2D eigenvalue weighted by molar-refractivity contribution is 0.0942. The highest BCUT2D eigenvalue weighted by Gasteiger charge is 2.30. The molecule has 0 aromatic rings. The normalized spacial score (nSPS) is 22.9. The quantitative estimate of drug-likeness (QED) is 0.783. The Balaban J connectivity index is 2.66. The van der Waals surface area contributed by atoms with Crippen molar-refractivity contribution in [3.63, 3.8) is 0 Å². The number of hydrogen-bond acceptors (Lipinski definition) is 4. The second-order valence-corrected chi connectivity index (χ2v) is 8.17. The maximum atomic E-state index is 11.6. The molecule has 1 rings (SSSR count). The van der Waals surface area contributed by atoms with Crippen LogP contribution in [0.1, 0.15) is 33.6 Å². The molecule has 6 heteroatoms. The second-order valence-electron chi connectivity index (χ2n) is 6.18. The number of rotatable bonds is 6. The van der Waals surface area contributed by atoms with Gasteiger partial charge in [-0.05, 0) is 39.2 Å². The van der Waals surface area contributed by atoms with Gasteiger partial charge in [0.2, 0.25) is 10.0 Å². The molecular weight excluding hydrogens is 262 g/mol. The lowest BCUT2D eigenvalue weighted by atomic mass is 9.95. The fourth-order valence-electron chi connectivity index (χ4n) is 2.72. The van der Waals surface area contributed by atoms with Crippen LogP contribution in [0.4, 0.5) is 0 Å². The zero-order valence-corrected chi connectivity index (χ0v) is 13.5. The van der Waals surface area contributed by atoms with E-state index in [9.17, 15) is 8.42 Å². The molecule has 0 aromatic carbocycles. The SMILES string of the molecule is CCN(CC1CCCN(S(C)(=O)=O)C1)C(C)(C)CN. The minimum Gasteiger partial charge on any atom is -0.329 e. The van der Waals surface area contributed by atoms with Crippen molar-refractivity contribution in [3.05, 3.63) is 0 Å². The summed E-state index contributed by atoms with van der Waals surface area (Å²) in [6.07, 6.45) is 3.36. The lowest BCUT2D eigenvalue weighted by Crippen LogP contribution is -2.53. The average Bonchev–Trinajstić information content (AvgIpc) is 2.35. The van der Waals surface area contributed by atoms with Crippen LogP contribution in [0.15, 0.2) is 0 Å². The van der Waals surface area contributed by atoms with Crippen molar-refractivity contribution in [1.82, 2.24) is 9.21 Å². The van der Waals surface area contributed by atoms with E-state index in [1.807, 2.05) is 0 Å². The van der Waals surface area contributed by atoms with E-state index in [0.29, 0.717) is 25.6 Å². The Hall–Kier alpha value is -0.170. The molecule has 0 radical (unpaired) electrons. The molecule has 1 heterocycles. The van der Waals surface area contributed by atoms with E-state index < -0.39 is 10.0 Å². The molecule has 0 saturated carbocycles. The number of hydrogen-bond donors (Lipinski definition) is 1. The lowest BCUT2D eigenvalue weighted by Gasteiger charge is -2.41. The summed E-state index contributed by atoms with van der Waals surface area (Å²) in [5.74, 6) is 0.411. The first-order valence-corrected chi connectivity index (χ1v) is 8.95. The van der Waals surface area contributed by atoms with Gasteiger partial charge in [0.15, 0.2) is 0 Å². The Labute approximate surface area is 118 Å². The molecular formula is C13H29N3O2S. The van der Waals surface area contributed by atoms with Crippen LogP contribution < -0.4 is 5.73 Å². The maximum absolute atomic E-state index is 11.6. The molecule has 1 aliphatic rings. The summed E-state index contributed by atoms with van der Waals surface area (Å²) in [6, 6.07) is 0. The zero-order chi connectivity index (χ0) is 14.7. The Morgan fingerprint density at radius 1 is 1.42 bits per heavy atom. The maximum Gasteiger partial charge on any atom is 0.211 e. The Morgan fingerprint density at radius 3 is 2.53 bits per heavy atom. The Bertz CT molecular complexity index is 381. The molecule has 2 N–H and O–H groups in total. The third-order valence-corrected chi connectivity index (χ3v) is 5.44. The summed E-state index contributed by atoms with van der Waals surface area (Å²) in [7, 11) is -3.05. The summed E-state index contributed by atoms with van der Waals surface area (Å²) in [4.78, 5) is 2.36. The largest absolute Gasteiger partial charge is 0.329 e. The molecule has 5 nitrogen and oxygen atoms in total. The zero-order valence-electron chi connectivity index (χ0n) is 12.7. The molecule has 0 amide bonds. The molecule has 1 aliphatic heterocycles. The highest BCUT2D eigenvalue weighted by molar-refractivity contribution is 7.88. The predicted octanol–water partition coefficient (Wildman–Crippen LogP) is 0.717. The van der Waals surface area contributed by atoms with Crippen LogP contribution in [0.3, 0.4) is 0 Å². The molecule has 1 atom stereocenters. The molecule has 1 fully saturated rings. The first kappa shape index (κ1) is 16.9. The number of likely N-dealkylation sites (N-methyl/N-ethyl adjacent to an activating group) is 1. The Kier molecular flexibility index (Phi) is 5.79. The predicted molar refractivity (Wildman–Crippen MR) is 79.5 cm³/mol. The van der Waals surface area contributed by atoms with Crippen molar-refractivity contribution < 1.29 is 8.42 Å². The minimum atomic E-state index is -3.05. The van der Waals surface area contributed by atoms with Gasteiger partial charge in [0, 0.05) is 31.7 Å². The van der Waals surface area contributed by atoms with E-state index in [0.717, 1.165) is 25.9 Å². The van der Waals surface area contributed by atoms with Gasteiger partial charge in [-0.25, -0.2) is 12.7 Å². The highest BCUT2D eigenvalue weighted by atomic mass is 32.2. The van der Waals surface area contributed by atoms with Crippen LogP contribution in [-0.2, 0) is 10.0 Å². The van der Waals surface area contributed by atoms with Crippen molar-refractivity contribution in [3.8, 4) is 0 Å². The van der Waals surface area contributed by atoms with E-state index in [4.69, 9.17) is 5.73 Å². The van der Waals surface area contributed by atoms with Gasteiger partial charge in [-0.1, -0.05) is 6.92 Å². The summed E-state index contributed by atoms with van der Waals surface area (Å²) >= 11 is 0. The monoisotopic (exact) mass is 291 g/mol. The van der Waals surface area contributed by atoms with Gasteiger partial charge >= 0.3 is 0 Å². The standard InChI is InChI=1S/C13H29N3O2S/c1-5-15(13(2,3)11-14)9-12-7-6-8-16(10-12)19(4,17)18/h12H,5-11,14H2,1-4H3. The number of piperidine rings is 1. The minimum absolute atomic E-state index is 0.0257. The molecule has 1 saturated heterocycles. The van der Waals surface area contributed by atoms with E-state index in [1.165, 1.54) is 6.26 Å². The van der Waals surface area contributed by atoms with Gasteiger partial charge in [-0.2, -0.15) is 0 Å². The van der Waals surface area contributed by atoms with Crippen LogP contribution in [0, 0.1) is 5.92 Å². The van der Waals surface area contributed by atoms with Crippen molar-refractivity contribution in [1.29, 1.82) is 0 Å². The molecule has 114 valence electrons. The van der Waals surface area contributed by atoms with Crippen LogP contribution in [0.2, 0.25) is 0 Å². The second kappa shape index (κ2) is 6.52. The van der Waals surface area contributed by atoms with Gasteiger partial charge < -0.3 is 5.73 Å². The third kappa shape index (κ3) is 4.70. The first-order chi connectivity index (χ1) is 8.70. The van der Waals surface area contributed by atoms with Crippen molar-refractivity contribution >= 4 is 10.0 Å². The summed E-state index contributed by atoms with van der Waals surface area (Å²) < 4.78 is 24.9. The number of sulfonamides is 1. The third-order valence-electron chi connectivity index (χ3n) is 4.17. The van der Waals surface area contributed by atoms with Crippen LogP contribution in [-0.4, -0.2) is 62.1 Å². The molecule has 19 heavy (non-hydrogen) atoms. The van der Waals surface area contributed by atoms with E-state index in [1.54, 1.807) is 4.31 Å². The molecule has 0 spiro atoms. The van der Waals surface area contributed by atoms with Gasteiger partial charge in [0.25, 0.3) is 0 Å². The number of nitrogens with zero attached hydrogens (tertiary/aromatic N) is 2. The van der Waals surface area contributed by atoms with Gasteiger partial charge in [-0.15, -0.1) is 0 Å². The van der Waals surface area contributed by atoms with E-state index in [2.05, 4.69) is 25.7 Å². The highest BCUT2D eigenvalue weighted by Crippen LogP contribution is 2.22. The summed E-state index contributed by atoms with van der Waals surface area (Å²) in [5.41, 5.74) is 5.81. The smallest absolute Gasteiger partial charge is 0.211 e. The molecule has 0 aliphatic carbocycles. The Morgan fingerprint density at radius 2 is 2.05 bits per heavy atom. The summed E-state index contributed by atoms with van der Waals surface area (Å²) in [5, 5.41) is 0. The number of nitrogens with two attached hydrogens (primary N) is 1. The van der Waals surface area contributed by atoms with Gasteiger partial charge in [0.1, 0.15) is 0 Å².